The number of fused-ring (bicyclic) bond motifs is 1. The third-order valence-corrected chi connectivity index (χ3v) is 6.02. The Kier molecular flexibility index (Phi) is 5.72. The second-order valence-corrected chi connectivity index (χ2v) is 8.21. The number of nitrogens with one attached hydrogen (secondary N) is 1. The summed E-state index contributed by atoms with van der Waals surface area (Å²) in [6.45, 7) is 2.00. The van der Waals surface area contributed by atoms with E-state index < -0.39 is 6.10 Å². The van der Waals surface area contributed by atoms with E-state index in [0.717, 1.165) is 62.8 Å². The van der Waals surface area contributed by atoms with Gasteiger partial charge in [-0.25, -0.2) is 4.99 Å². The van der Waals surface area contributed by atoms with E-state index in [0.29, 0.717) is 5.70 Å². The molecule has 2 N–H and O–H groups in total. The van der Waals surface area contributed by atoms with Gasteiger partial charge in [0.1, 0.15) is 5.70 Å². The highest BCUT2D eigenvalue weighted by atomic mass is 16.3. The van der Waals surface area contributed by atoms with Crippen LogP contribution in [0.4, 0.5) is 0 Å². The number of pyridine rings is 1. The number of aliphatic hydroxyl groups excluding tert-OH is 1. The van der Waals surface area contributed by atoms with Crippen LogP contribution < -0.4 is 5.32 Å². The molecular weight excluding hydrogens is 350 g/mol. The van der Waals surface area contributed by atoms with Gasteiger partial charge in [0, 0.05) is 23.5 Å². The molecule has 0 radical (unpaired) electrons. The number of allylic oxidation sites excluding steroid dienone is 3. The molecule has 0 bridgehead atoms. The molecule has 1 aromatic heterocycles. The number of rotatable bonds is 4. The summed E-state index contributed by atoms with van der Waals surface area (Å²) in [5, 5.41) is 13.2. The largest absolute Gasteiger partial charge is 0.391 e. The fraction of sp³-hybridized carbons (Fsp3) is 0.522. The lowest BCUT2D eigenvalue weighted by atomic mass is 9.81. The summed E-state index contributed by atoms with van der Waals surface area (Å²) in [5.41, 5.74) is 5.06. The minimum atomic E-state index is -0.449. The fourth-order valence-electron chi connectivity index (χ4n) is 4.54. The van der Waals surface area contributed by atoms with Crippen LogP contribution in [0, 0.1) is 12.8 Å². The number of aliphatic imine (C=N–C) groups is 1. The summed E-state index contributed by atoms with van der Waals surface area (Å²) in [4.78, 5) is 21.9. The Morgan fingerprint density at radius 2 is 2.14 bits per heavy atom. The Morgan fingerprint density at radius 3 is 2.96 bits per heavy atom. The van der Waals surface area contributed by atoms with Crippen LogP contribution >= 0.6 is 0 Å². The van der Waals surface area contributed by atoms with E-state index in [4.69, 9.17) is 4.99 Å². The lowest BCUT2D eigenvalue weighted by Gasteiger charge is -2.30. The standard InChI is InChI=1S/C23H29N3O2/c1-15-12-16(10-11-24-15)13-17-14-21(25-19-7-3-2-6-18(17)19)23(28)26-20-8-4-5-9-22(20)27/h6,10-12,14,17,20,22,27H,2-5,7-9,13H2,1H3,(H,26,28). The molecule has 1 saturated carbocycles. The molecule has 3 unspecified atom stereocenters. The van der Waals surface area contributed by atoms with E-state index in [-0.39, 0.29) is 17.9 Å². The number of carbonyl (C=O) groups is 1. The van der Waals surface area contributed by atoms with Crippen molar-refractivity contribution in [1.29, 1.82) is 0 Å². The SMILES string of the molecule is Cc1cc(CC2C=C(C(=O)NC3CCCCC3O)N=C3CCCC=C32)ccn1. The van der Waals surface area contributed by atoms with Crippen LogP contribution in [0.25, 0.3) is 0 Å². The summed E-state index contributed by atoms with van der Waals surface area (Å²) < 4.78 is 0. The maximum absolute atomic E-state index is 12.9. The monoisotopic (exact) mass is 379 g/mol. The third-order valence-electron chi connectivity index (χ3n) is 6.02. The molecule has 148 valence electrons. The van der Waals surface area contributed by atoms with E-state index in [9.17, 15) is 9.90 Å². The predicted octanol–water partition coefficient (Wildman–Crippen LogP) is 3.42. The van der Waals surface area contributed by atoms with Crippen molar-refractivity contribution in [2.45, 2.75) is 70.4 Å². The highest BCUT2D eigenvalue weighted by molar-refractivity contribution is 6.07. The van der Waals surface area contributed by atoms with Gasteiger partial charge in [-0.1, -0.05) is 18.9 Å². The number of hydrogen-bond donors (Lipinski definition) is 2. The Hall–Kier alpha value is -2.27. The van der Waals surface area contributed by atoms with Gasteiger partial charge in [0.25, 0.3) is 5.91 Å². The molecule has 4 rings (SSSR count). The van der Waals surface area contributed by atoms with Crippen molar-refractivity contribution in [3.8, 4) is 0 Å². The quantitative estimate of drug-likeness (QED) is 0.842. The molecule has 1 aromatic rings. The van der Waals surface area contributed by atoms with E-state index in [1.807, 2.05) is 25.3 Å². The van der Waals surface area contributed by atoms with E-state index in [1.54, 1.807) is 0 Å². The molecule has 0 saturated heterocycles. The summed E-state index contributed by atoms with van der Waals surface area (Å²) in [7, 11) is 0. The van der Waals surface area contributed by atoms with Gasteiger partial charge in [-0.05, 0) is 74.8 Å². The van der Waals surface area contributed by atoms with Crippen molar-refractivity contribution < 1.29 is 9.90 Å². The van der Waals surface area contributed by atoms with Crippen molar-refractivity contribution in [2.75, 3.05) is 0 Å². The summed E-state index contributed by atoms with van der Waals surface area (Å²) in [5.74, 6) is 0.00520. The molecule has 2 heterocycles. The summed E-state index contributed by atoms with van der Waals surface area (Å²) >= 11 is 0. The number of hydrogen-bond acceptors (Lipinski definition) is 4. The minimum Gasteiger partial charge on any atom is -0.391 e. The average Bonchev–Trinajstić information content (AvgIpc) is 2.69. The van der Waals surface area contributed by atoms with Gasteiger partial charge >= 0.3 is 0 Å². The normalized spacial score (nSPS) is 27.2. The lowest BCUT2D eigenvalue weighted by molar-refractivity contribution is -0.119. The van der Waals surface area contributed by atoms with Crippen LogP contribution in [0.3, 0.4) is 0 Å². The number of aliphatic hydroxyl groups is 1. The second kappa shape index (κ2) is 8.39. The number of amides is 1. The van der Waals surface area contributed by atoms with Gasteiger partial charge < -0.3 is 10.4 Å². The topological polar surface area (TPSA) is 74.6 Å². The molecule has 28 heavy (non-hydrogen) atoms. The maximum Gasteiger partial charge on any atom is 0.269 e. The van der Waals surface area contributed by atoms with Gasteiger partial charge in [-0.15, -0.1) is 0 Å². The van der Waals surface area contributed by atoms with Crippen LogP contribution in [0.1, 0.15) is 56.2 Å². The smallest absolute Gasteiger partial charge is 0.269 e. The number of aromatic nitrogens is 1. The predicted molar refractivity (Wildman–Crippen MR) is 110 cm³/mol. The highest BCUT2D eigenvalue weighted by Gasteiger charge is 2.30. The third kappa shape index (κ3) is 4.25. The minimum absolute atomic E-state index is 0.154. The molecule has 3 aliphatic rings. The molecule has 5 heteroatoms. The zero-order valence-corrected chi connectivity index (χ0v) is 16.5. The van der Waals surface area contributed by atoms with Crippen molar-refractivity contribution in [1.82, 2.24) is 10.3 Å². The molecule has 5 nitrogen and oxygen atoms in total. The first kappa shape index (κ1) is 19.1. The Morgan fingerprint density at radius 1 is 1.29 bits per heavy atom. The van der Waals surface area contributed by atoms with E-state index in [1.165, 1.54) is 11.1 Å². The van der Waals surface area contributed by atoms with Crippen molar-refractivity contribution in [2.24, 2.45) is 10.9 Å². The maximum atomic E-state index is 12.9. The first-order valence-electron chi connectivity index (χ1n) is 10.5. The first-order valence-corrected chi connectivity index (χ1v) is 10.5. The van der Waals surface area contributed by atoms with E-state index >= 15 is 0 Å². The van der Waals surface area contributed by atoms with Crippen LogP contribution in [0.15, 0.2) is 46.7 Å². The second-order valence-electron chi connectivity index (χ2n) is 8.21. The zero-order chi connectivity index (χ0) is 19.5. The summed E-state index contributed by atoms with van der Waals surface area (Å²) in [6, 6.07) is 4.00. The number of nitrogens with zero attached hydrogens (tertiary/aromatic N) is 2. The molecule has 1 amide bonds. The van der Waals surface area contributed by atoms with Crippen molar-refractivity contribution in [3.05, 3.63) is 53.0 Å². The number of aryl methyl sites for hydroxylation is 1. The van der Waals surface area contributed by atoms with Crippen LogP contribution in [-0.4, -0.2) is 33.9 Å². The molecule has 1 fully saturated rings. The molecule has 2 aliphatic carbocycles. The van der Waals surface area contributed by atoms with Gasteiger partial charge in [0.2, 0.25) is 0 Å². The highest BCUT2D eigenvalue weighted by Crippen LogP contribution is 2.32. The van der Waals surface area contributed by atoms with Gasteiger partial charge in [-0.2, -0.15) is 0 Å². The van der Waals surface area contributed by atoms with Gasteiger partial charge in [0.15, 0.2) is 0 Å². The first-order chi connectivity index (χ1) is 13.6. The fourth-order valence-corrected chi connectivity index (χ4v) is 4.54. The van der Waals surface area contributed by atoms with Gasteiger partial charge in [0.05, 0.1) is 12.1 Å². The van der Waals surface area contributed by atoms with Gasteiger partial charge in [-0.3, -0.25) is 9.78 Å². The molecule has 1 aliphatic heterocycles. The lowest BCUT2D eigenvalue weighted by Crippen LogP contribution is -2.45. The van der Waals surface area contributed by atoms with Crippen LogP contribution in [0.2, 0.25) is 0 Å². The number of carbonyl (C=O) groups excluding carboxylic acids is 1. The van der Waals surface area contributed by atoms with Crippen LogP contribution in [0.5, 0.6) is 0 Å². The van der Waals surface area contributed by atoms with Crippen molar-refractivity contribution in [3.63, 3.8) is 0 Å². The average molecular weight is 380 g/mol. The van der Waals surface area contributed by atoms with E-state index in [2.05, 4.69) is 22.4 Å². The molecular formula is C23H29N3O2. The Labute approximate surface area is 166 Å². The molecule has 3 atom stereocenters. The zero-order valence-electron chi connectivity index (χ0n) is 16.5. The van der Waals surface area contributed by atoms with Crippen LogP contribution in [-0.2, 0) is 11.2 Å². The summed E-state index contributed by atoms with van der Waals surface area (Å²) in [6.07, 6.45) is 13.3. The molecule has 0 spiro atoms. The van der Waals surface area contributed by atoms with Crippen molar-refractivity contribution >= 4 is 11.6 Å². The Balaban J connectivity index is 1.56. The molecule has 0 aromatic carbocycles. The Bertz CT molecular complexity index is 840.